The molecule has 0 aliphatic heterocycles. The number of aryl methyl sites for hydroxylation is 1. The van der Waals surface area contributed by atoms with E-state index in [0.29, 0.717) is 18.9 Å². The van der Waals surface area contributed by atoms with Gasteiger partial charge < -0.3 is 15.4 Å². The Bertz CT molecular complexity index is 443. The SMILES string of the molecule is CCOc1ccc(CCC(=O)N(C)CCC(N)C(C)C)cc1. The molecule has 4 nitrogen and oxygen atoms in total. The van der Waals surface area contributed by atoms with Gasteiger partial charge in [-0.2, -0.15) is 0 Å². The molecule has 1 aromatic carbocycles. The number of hydrogen-bond acceptors (Lipinski definition) is 3. The van der Waals surface area contributed by atoms with Crippen LogP contribution in [0.3, 0.4) is 0 Å². The van der Waals surface area contributed by atoms with E-state index in [-0.39, 0.29) is 11.9 Å². The molecule has 124 valence electrons. The van der Waals surface area contributed by atoms with Crippen molar-refractivity contribution < 1.29 is 9.53 Å². The van der Waals surface area contributed by atoms with Gasteiger partial charge in [-0.05, 0) is 43.4 Å². The Morgan fingerprint density at radius 3 is 2.45 bits per heavy atom. The number of amides is 1. The molecule has 0 aliphatic carbocycles. The number of hydrogen-bond donors (Lipinski definition) is 1. The fourth-order valence-electron chi connectivity index (χ4n) is 2.16. The summed E-state index contributed by atoms with van der Waals surface area (Å²) in [7, 11) is 1.85. The topological polar surface area (TPSA) is 55.6 Å². The smallest absolute Gasteiger partial charge is 0.222 e. The monoisotopic (exact) mass is 306 g/mol. The second kappa shape index (κ2) is 9.46. The van der Waals surface area contributed by atoms with E-state index in [9.17, 15) is 4.79 Å². The van der Waals surface area contributed by atoms with Crippen LogP contribution in [0.15, 0.2) is 24.3 Å². The van der Waals surface area contributed by atoms with Gasteiger partial charge in [-0.15, -0.1) is 0 Å². The molecule has 0 saturated heterocycles. The molecule has 0 saturated carbocycles. The molecule has 0 aliphatic rings. The molecule has 4 heteroatoms. The highest BCUT2D eigenvalue weighted by molar-refractivity contribution is 5.76. The zero-order valence-electron chi connectivity index (χ0n) is 14.3. The third-order valence-corrected chi connectivity index (χ3v) is 3.94. The summed E-state index contributed by atoms with van der Waals surface area (Å²) in [6.45, 7) is 7.58. The first-order valence-corrected chi connectivity index (χ1v) is 8.15. The molecule has 22 heavy (non-hydrogen) atoms. The molecule has 1 atom stereocenters. The summed E-state index contributed by atoms with van der Waals surface area (Å²) in [6, 6.07) is 8.10. The Balaban J connectivity index is 2.35. The van der Waals surface area contributed by atoms with Gasteiger partial charge in [-0.25, -0.2) is 0 Å². The highest BCUT2D eigenvalue weighted by Crippen LogP contribution is 2.13. The van der Waals surface area contributed by atoms with Crippen LogP contribution in [0.25, 0.3) is 0 Å². The summed E-state index contributed by atoms with van der Waals surface area (Å²) in [5.41, 5.74) is 7.18. The standard InChI is InChI=1S/C18H30N2O2/c1-5-22-16-9-6-15(7-10-16)8-11-18(21)20(4)13-12-17(19)14(2)3/h6-7,9-10,14,17H,5,8,11-13,19H2,1-4H3. The first-order chi connectivity index (χ1) is 10.4. The maximum Gasteiger partial charge on any atom is 0.222 e. The van der Waals surface area contributed by atoms with E-state index in [1.165, 1.54) is 0 Å². The average molecular weight is 306 g/mol. The lowest BCUT2D eigenvalue weighted by atomic mass is 10.0. The summed E-state index contributed by atoms with van der Waals surface area (Å²) in [5, 5.41) is 0. The van der Waals surface area contributed by atoms with Crippen LogP contribution in [-0.4, -0.2) is 37.0 Å². The van der Waals surface area contributed by atoms with Crippen LogP contribution in [0.4, 0.5) is 0 Å². The highest BCUT2D eigenvalue weighted by Gasteiger charge is 2.12. The summed E-state index contributed by atoms with van der Waals surface area (Å²) >= 11 is 0. The Hall–Kier alpha value is -1.55. The van der Waals surface area contributed by atoms with Gasteiger partial charge in [-0.3, -0.25) is 4.79 Å². The molecule has 0 spiro atoms. The van der Waals surface area contributed by atoms with Crippen LogP contribution < -0.4 is 10.5 Å². The Kier molecular flexibility index (Phi) is 7.96. The maximum absolute atomic E-state index is 12.1. The molecule has 1 aromatic rings. The number of carbonyl (C=O) groups is 1. The summed E-state index contributed by atoms with van der Waals surface area (Å²) in [4.78, 5) is 13.9. The Morgan fingerprint density at radius 2 is 1.91 bits per heavy atom. The molecule has 1 unspecified atom stereocenters. The lowest BCUT2D eigenvalue weighted by Gasteiger charge is -2.21. The summed E-state index contributed by atoms with van der Waals surface area (Å²) < 4.78 is 5.41. The van der Waals surface area contributed by atoms with E-state index in [4.69, 9.17) is 10.5 Å². The quantitative estimate of drug-likeness (QED) is 0.763. The minimum Gasteiger partial charge on any atom is -0.494 e. The Morgan fingerprint density at radius 1 is 1.27 bits per heavy atom. The molecular weight excluding hydrogens is 276 g/mol. The van der Waals surface area contributed by atoms with Crippen LogP contribution >= 0.6 is 0 Å². The molecule has 2 N–H and O–H groups in total. The van der Waals surface area contributed by atoms with Crippen molar-refractivity contribution in [1.29, 1.82) is 0 Å². The van der Waals surface area contributed by atoms with Crippen molar-refractivity contribution in [2.24, 2.45) is 11.7 Å². The zero-order chi connectivity index (χ0) is 16.5. The van der Waals surface area contributed by atoms with Gasteiger partial charge in [0.25, 0.3) is 0 Å². The van der Waals surface area contributed by atoms with Gasteiger partial charge in [0.15, 0.2) is 0 Å². The van der Waals surface area contributed by atoms with Gasteiger partial charge in [0.2, 0.25) is 5.91 Å². The summed E-state index contributed by atoms with van der Waals surface area (Å²) in [6.07, 6.45) is 2.14. The van der Waals surface area contributed by atoms with Gasteiger partial charge in [0, 0.05) is 26.1 Å². The maximum atomic E-state index is 12.1. The fraction of sp³-hybridized carbons (Fsp3) is 0.611. The van der Waals surface area contributed by atoms with Crippen molar-refractivity contribution in [3.8, 4) is 5.75 Å². The van der Waals surface area contributed by atoms with Gasteiger partial charge in [0.1, 0.15) is 5.75 Å². The van der Waals surface area contributed by atoms with Crippen LogP contribution in [0.2, 0.25) is 0 Å². The first-order valence-electron chi connectivity index (χ1n) is 8.15. The third-order valence-electron chi connectivity index (χ3n) is 3.94. The highest BCUT2D eigenvalue weighted by atomic mass is 16.5. The minimum absolute atomic E-state index is 0.154. The zero-order valence-corrected chi connectivity index (χ0v) is 14.3. The Labute approximate surface area is 134 Å². The molecule has 0 aromatic heterocycles. The van der Waals surface area contributed by atoms with Crippen molar-refractivity contribution >= 4 is 5.91 Å². The largest absolute Gasteiger partial charge is 0.494 e. The van der Waals surface area contributed by atoms with Gasteiger partial charge >= 0.3 is 0 Å². The van der Waals surface area contributed by atoms with E-state index in [1.54, 1.807) is 4.90 Å². The molecule has 0 radical (unpaired) electrons. The number of carbonyl (C=O) groups excluding carboxylic acids is 1. The van der Waals surface area contributed by atoms with Crippen LogP contribution in [0, 0.1) is 5.92 Å². The van der Waals surface area contributed by atoms with Gasteiger partial charge in [0.05, 0.1) is 6.61 Å². The van der Waals surface area contributed by atoms with Crippen molar-refractivity contribution in [3.05, 3.63) is 29.8 Å². The van der Waals surface area contributed by atoms with E-state index in [1.807, 2.05) is 38.2 Å². The molecule has 1 rings (SSSR count). The molecule has 1 amide bonds. The van der Waals surface area contributed by atoms with Gasteiger partial charge in [-0.1, -0.05) is 26.0 Å². The number of rotatable bonds is 9. The predicted octanol–water partition coefficient (Wildman–Crippen LogP) is 2.85. The lowest BCUT2D eigenvalue weighted by molar-refractivity contribution is -0.129. The predicted molar refractivity (Wildman–Crippen MR) is 91.0 cm³/mol. The molecular formula is C18H30N2O2. The number of benzene rings is 1. The minimum atomic E-state index is 0.154. The summed E-state index contributed by atoms with van der Waals surface area (Å²) in [5.74, 6) is 1.49. The fourth-order valence-corrected chi connectivity index (χ4v) is 2.16. The molecule has 0 heterocycles. The third kappa shape index (κ3) is 6.48. The number of nitrogens with zero attached hydrogens (tertiary/aromatic N) is 1. The van der Waals surface area contributed by atoms with Crippen molar-refractivity contribution in [3.63, 3.8) is 0 Å². The lowest BCUT2D eigenvalue weighted by Crippen LogP contribution is -2.34. The van der Waals surface area contributed by atoms with Crippen LogP contribution in [0.1, 0.15) is 39.2 Å². The normalized spacial score (nSPS) is 12.3. The molecule has 0 fully saturated rings. The average Bonchev–Trinajstić information content (AvgIpc) is 2.51. The number of nitrogens with two attached hydrogens (primary N) is 1. The van der Waals surface area contributed by atoms with Crippen molar-refractivity contribution in [1.82, 2.24) is 4.90 Å². The van der Waals surface area contributed by atoms with E-state index >= 15 is 0 Å². The number of ether oxygens (including phenoxy) is 1. The van der Waals surface area contributed by atoms with E-state index < -0.39 is 0 Å². The molecule has 0 bridgehead atoms. The van der Waals surface area contributed by atoms with Crippen LogP contribution in [0.5, 0.6) is 5.75 Å². The van der Waals surface area contributed by atoms with E-state index in [2.05, 4.69) is 13.8 Å². The van der Waals surface area contributed by atoms with Crippen molar-refractivity contribution in [2.75, 3.05) is 20.2 Å². The first kappa shape index (κ1) is 18.5. The van der Waals surface area contributed by atoms with Crippen LogP contribution in [-0.2, 0) is 11.2 Å². The van der Waals surface area contributed by atoms with Crippen molar-refractivity contribution in [2.45, 2.75) is 46.1 Å². The second-order valence-electron chi connectivity index (χ2n) is 6.09. The van der Waals surface area contributed by atoms with E-state index in [0.717, 1.165) is 30.7 Å². The second-order valence-corrected chi connectivity index (χ2v) is 6.09.